The molecule has 0 aromatic rings. The summed E-state index contributed by atoms with van der Waals surface area (Å²) in [7, 11) is 0. The molecule has 1 saturated carbocycles. The zero-order valence-electron chi connectivity index (χ0n) is 9.73. The summed E-state index contributed by atoms with van der Waals surface area (Å²) in [4.78, 5) is 0. The second-order valence-corrected chi connectivity index (χ2v) is 4.56. The van der Waals surface area contributed by atoms with Gasteiger partial charge in [-0.3, -0.25) is 0 Å². The van der Waals surface area contributed by atoms with Crippen molar-refractivity contribution in [2.45, 2.75) is 62.0 Å². The van der Waals surface area contributed by atoms with Gasteiger partial charge < -0.3 is 0 Å². The Morgan fingerprint density at radius 2 is 0.947 bits per heavy atom. The van der Waals surface area contributed by atoms with Crippen LogP contribution in [0.3, 0.4) is 0 Å². The molecule has 0 saturated heterocycles. The summed E-state index contributed by atoms with van der Waals surface area (Å²) in [5.41, 5.74) is -5.26. The molecule has 0 atom stereocenters. The van der Waals surface area contributed by atoms with Gasteiger partial charge in [0.2, 0.25) is 5.67 Å². The van der Waals surface area contributed by atoms with Crippen molar-refractivity contribution in [1.82, 2.24) is 0 Å². The van der Waals surface area contributed by atoms with Crippen LogP contribution in [0.25, 0.3) is 0 Å². The fraction of sp³-hybridized carbons (Fsp3) is 1.00. The number of unbranched alkanes of at least 4 members (excludes halogenated alkanes) is 2. The number of hydrogen-bond acceptors (Lipinski definition) is 0. The average molecular weight is 302 g/mol. The van der Waals surface area contributed by atoms with E-state index >= 15 is 0 Å². The summed E-state index contributed by atoms with van der Waals surface area (Å²) in [6, 6.07) is 0. The Morgan fingerprint density at radius 3 is 1.26 bits per heavy atom. The second kappa shape index (κ2) is 4.18. The van der Waals surface area contributed by atoms with Crippen LogP contribution in [0.2, 0.25) is 0 Å². The molecule has 0 bridgehead atoms. The highest BCUT2D eigenvalue weighted by Gasteiger charge is 2.99. The van der Waals surface area contributed by atoms with Crippen molar-refractivity contribution in [3.05, 3.63) is 0 Å². The molecule has 0 amide bonds. The highest BCUT2D eigenvalue weighted by molar-refractivity contribution is 5.26. The van der Waals surface area contributed by atoms with Gasteiger partial charge in [-0.1, -0.05) is 19.8 Å². The maximum Gasteiger partial charge on any atom is 0.381 e. The first-order valence-electron chi connectivity index (χ1n) is 5.51. The van der Waals surface area contributed by atoms with Crippen molar-refractivity contribution in [3.8, 4) is 0 Å². The first kappa shape index (κ1) is 16.4. The van der Waals surface area contributed by atoms with Gasteiger partial charge in [-0.15, -0.1) is 0 Å². The fourth-order valence-electron chi connectivity index (χ4n) is 2.02. The first-order chi connectivity index (χ1) is 8.31. The van der Waals surface area contributed by atoms with Gasteiger partial charge in [0.1, 0.15) is 0 Å². The van der Waals surface area contributed by atoms with Crippen LogP contribution in [-0.2, 0) is 0 Å². The molecule has 0 heterocycles. The van der Waals surface area contributed by atoms with Crippen LogP contribution in [-0.4, -0.2) is 29.4 Å². The van der Waals surface area contributed by atoms with E-state index in [4.69, 9.17) is 0 Å². The number of alkyl halides is 9. The molecule has 0 unspecified atom stereocenters. The minimum atomic E-state index is -6.44. The smallest absolute Gasteiger partial charge is 0.230 e. The van der Waals surface area contributed by atoms with Crippen LogP contribution in [0.5, 0.6) is 0 Å². The highest BCUT2D eigenvalue weighted by atomic mass is 19.4. The number of halogens is 9. The molecular formula is C10H11F9. The molecule has 1 aliphatic rings. The van der Waals surface area contributed by atoms with Crippen LogP contribution >= 0.6 is 0 Å². The lowest BCUT2D eigenvalue weighted by atomic mass is 9.90. The maximum atomic E-state index is 13.7. The van der Waals surface area contributed by atoms with Crippen molar-refractivity contribution >= 4 is 0 Å². The Morgan fingerprint density at radius 1 is 0.579 bits per heavy atom. The van der Waals surface area contributed by atoms with Crippen LogP contribution in [0, 0.1) is 0 Å². The first-order valence-corrected chi connectivity index (χ1v) is 5.51. The van der Waals surface area contributed by atoms with Gasteiger partial charge in [0.05, 0.1) is 0 Å². The van der Waals surface area contributed by atoms with Gasteiger partial charge in [-0.25, -0.2) is 4.39 Å². The third-order valence-electron chi connectivity index (χ3n) is 3.30. The van der Waals surface area contributed by atoms with Crippen molar-refractivity contribution in [2.24, 2.45) is 0 Å². The van der Waals surface area contributed by atoms with E-state index in [9.17, 15) is 39.5 Å². The molecule has 9 heteroatoms. The summed E-state index contributed by atoms with van der Waals surface area (Å²) in [5, 5.41) is 0. The summed E-state index contributed by atoms with van der Waals surface area (Å²) < 4.78 is 117. The average Bonchev–Trinajstić information content (AvgIpc) is 2.31. The number of rotatable bonds is 4. The Balaban J connectivity index is 3.30. The van der Waals surface area contributed by atoms with E-state index in [1.807, 2.05) is 0 Å². The zero-order valence-corrected chi connectivity index (χ0v) is 9.73. The maximum absolute atomic E-state index is 13.7. The topological polar surface area (TPSA) is 0 Å². The monoisotopic (exact) mass is 302 g/mol. The Labute approximate surface area is 103 Å². The van der Waals surface area contributed by atoms with Crippen molar-refractivity contribution in [1.29, 1.82) is 0 Å². The van der Waals surface area contributed by atoms with Crippen LogP contribution in [0.15, 0.2) is 0 Å². The SMILES string of the molecule is CCCCCC1(F)C(F)(F)C(F)(F)C(F)(F)C1(F)F. The lowest BCUT2D eigenvalue weighted by Gasteiger charge is -2.30. The van der Waals surface area contributed by atoms with E-state index < -0.39 is 42.2 Å². The summed E-state index contributed by atoms with van der Waals surface area (Å²) in [5.74, 6) is -25.2. The van der Waals surface area contributed by atoms with E-state index in [0.29, 0.717) is 6.42 Å². The predicted octanol–water partition coefficient (Wildman–Crippen LogP) is 4.83. The summed E-state index contributed by atoms with van der Waals surface area (Å²) in [6.07, 6.45) is -2.11. The zero-order chi connectivity index (χ0) is 15.3. The van der Waals surface area contributed by atoms with E-state index in [1.54, 1.807) is 0 Å². The number of hydrogen-bond donors (Lipinski definition) is 0. The van der Waals surface area contributed by atoms with Crippen molar-refractivity contribution in [2.75, 3.05) is 0 Å². The second-order valence-electron chi connectivity index (χ2n) is 4.56. The predicted molar refractivity (Wildman–Crippen MR) is 47.8 cm³/mol. The molecule has 0 spiro atoms. The van der Waals surface area contributed by atoms with Crippen LogP contribution < -0.4 is 0 Å². The largest absolute Gasteiger partial charge is 0.381 e. The van der Waals surface area contributed by atoms with Crippen molar-refractivity contribution < 1.29 is 39.5 Å². The molecule has 0 radical (unpaired) electrons. The van der Waals surface area contributed by atoms with Crippen LogP contribution in [0.1, 0.15) is 32.6 Å². The quantitative estimate of drug-likeness (QED) is 0.515. The molecule has 0 aliphatic heterocycles. The Bertz CT molecular complexity index is 321. The van der Waals surface area contributed by atoms with Crippen LogP contribution in [0.4, 0.5) is 39.5 Å². The normalized spacial score (nSPS) is 29.4. The minimum Gasteiger partial charge on any atom is -0.230 e. The fourth-order valence-corrected chi connectivity index (χ4v) is 2.02. The molecule has 1 fully saturated rings. The summed E-state index contributed by atoms with van der Waals surface area (Å²) >= 11 is 0. The van der Waals surface area contributed by atoms with Gasteiger partial charge >= 0.3 is 23.7 Å². The van der Waals surface area contributed by atoms with Crippen molar-refractivity contribution in [3.63, 3.8) is 0 Å². The molecular weight excluding hydrogens is 291 g/mol. The van der Waals surface area contributed by atoms with E-state index in [0.717, 1.165) is 0 Å². The Kier molecular flexibility index (Phi) is 3.61. The third kappa shape index (κ3) is 1.62. The highest BCUT2D eigenvalue weighted by Crippen LogP contribution is 2.70. The lowest BCUT2D eigenvalue weighted by molar-refractivity contribution is -0.303. The standard InChI is InChI=1S/C10H11F9/c1-2-3-4-5-6(11)7(12,13)9(16,17)10(18,19)8(6,14)15/h2-5H2,1H3. The molecule has 1 rings (SSSR count). The molecule has 19 heavy (non-hydrogen) atoms. The minimum absolute atomic E-state index is 0.0189. The van der Waals surface area contributed by atoms with E-state index in [2.05, 4.69) is 0 Å². The molecule has 0 N–H and O–H groups in total. The Hall–Kier alpha value is -0.630. The summed E-state index contributed by atoms with van der Waals surface area (Å²) in [6.45, 7) is 1.51. The van der Waals surface area contributed by atoms with Gasteiger partial charge in [-0.2, -0.15) is 35.1 Å². The molecule has 0 aromatic heterocycles. The molecule has 114 valence electrons. The van der Waals surface area contributed by atoms with E-state index in [1.165, 1.54) is 6.92 Å². The van der Waals surface area contributed by atoms with Gasteiger partial charge in [0.25, 0.3) is 0 Å². The molecule has 1 aliphatic carbocycles. The lowest BCUT2D eigenvalue weighted by Crippen LogP contribution is -2.54. The third-order valence-corrected chi connectivity index (χ3v) is 3.30. The van der Waals surface area contributed by atoms with Gasteiger partial charge in [0, 0.05) is 0 Å². The molecule has 0 nitrogen and oxygen atoms in total. The van der Waals surface area contributed by atoms with Gasteiger partial charge in [-0.05, 0) is 12.8 Å². The molecule has 0 aromatic carbocycles. The van der Waals surface area contributed by atoms with E-state index in [-0.39, 0.29) is 6.42 Å². The van der Waals surface area contributed by atoms with Gasteiger partial charge in [0.15, 0.2) is 0 Å².